The predicted molar refractivity (Wildman–Crippen MR) is 77.8 cm³/mol. The summed E-state index contributed by atoms with van der Waals surface area (Å²) in [6.45, 7) is 4.05. The molecule has 0 amide bonds. The lowest BCUT2D eigenvalue weighted by atomic mass is 9.97. The number of aromatic nitrogens is 2. The Balaban J connectivity index is 2.48. The minimum absolute atomic E-state index is 0.190. The summed E-state index contributed by atoms with van der Waals surface area (Å²) in [4.78, 5) is 0. The van der Waals surface area contributed by atoms with E-state index in [4.69, 9.17) is 23.2 Å². The summed E-state index contributed by atoms with van der Waals surface area (Å²) < 4.78 is 1.59. The predicted octanol–water partition coefficient (Wildman–Crippen LogP) is 3.93. The van der Waals surface area contributed by atoms with E-state index in [1.54, 1.807) is 36.0 Å². The molecule has 1 atom stereocenters. The van der Waals surface area contributed by atoms with Gasteiger partial charge in [0.2, 0.25) is 0 Å². The van der Waals surface area contributed by atoms with E-state index in [0.717, 1.165) is 11.3 Å². The van der Waals surface area contributed by atoms with Gasteiger partial charge in [-0.15, -0.1) is 0 Å². The second kappa shape index (κ2) is 5.53. The number of hydrogen-bond acceptors (Lipinski definition) is 2. The van der Waals surface area contributed by atoms with E-state index in [-0.39, 0.29) is 5.92 Å². The molecule has 0 radical (unpaired) electrons. The van der Waals surface area contributed by atoms with Crippen LogP contribution < -0.4 is 0 Å². The molecule has 102 valence electrons. The highest BCUT2D eigenvalue weighted by molar-refractivity contribution is 6.31. The molecule has 2 rings (SSSR count). The number of aliphatic hydroxyl groups excluding tert-OH is 1. The molecule has 0 saturated heterocycles. The van der Waals surface area contributed by atoms with Crippen LogP contribution >= 0.6 is 23.2 Å². The van der Waals surface area contributed by atoms with Crippen molar-refractivity contribution in [3.63, 3.8) is 0 Å². The van der Waals surface area contributed by atoms with E-state index in [0.29, 0.717) is 15.7 Å². The quantitative estimate of drug-likeness (QED) is 0.932. The zero-order valence-electron chi connectivity index (χ0n) is 11.1. The SMILES string of the molecule is CC(C)c1nn(C)c(Cl)c1C(O)c1ccc(Cl)cc1. The van der Waals surface area contributed by atoms with Crippen LogP contribution in [0.25, 0.3) is 0 Å². The average molecular weight is 299 g/mol. The molecule has 0 spiro atoms. The Morgan fingerprint density at radius 3 is 2.26 bits per heavy atom. The fraction of sp³-hybridized carbons (Fsp3) is 0.357. The van der Waals surface area contributed by atoms with E-state index < -0.39 is 6.10 Å². The number of halogens is 2. The van der Waals surface area contributed by atoms with Gasteiger partial charge in [0.1, 0.15) is 11.3 Å². The number of aliphatic hydroxyl groups is 1. The van der Waals surface area contributed by atoms with Crippen LogP contribution in [0, 0.1) is 0 Å². The van der Waals surface area contributed by atoms with Crippen molar-refractivity contribution in [3.05, 3.63) is 51.3 Å². The van der Waals surface area contributed by atoms with E-state index in [1.165, 1.54) is 0 Å². The standard InChI is InChI=1S/C14H16Cl2N2O/c1-8(2)12-11(14(16)18(3)17-12)13(19)9-4-6-10(15)7-5-9/h4-8,13,19H,1-3H3. The van der Waals surface area contributed by atoms with Gasteiger partial charge in [0.15, 0.2) is 0 Å². The maximum absolute atomic E-state index is 10.5. The molecular weight excluding hydrogens is 283 g/mol. The maximum atomic E-state index is 10.5. The van der Waals surface area contributed by atoms with Crippen molar-refractivity contribution >= 4 is 23.2 Å². The Labute approximate surface area is 122 Å². The number of aryl methyl sites for hydroxylation is 1. The van der Waals surface area contributed by atoms with Gasteiger partial charge in [-0.2, -0.15) is 5.10 Å². The van der Waals surface area contributed by atoms with Gasteiger partial charge in [-0.25, -0.2) is 0 Å². The lowest BCUT2D eigenvalue weighted by molar-refractivity contribution is 0.219. The van der Waals surface area contributed by atoms with Crippen LogP contribution in [0.3, 0.4) is 0 Å². The van der Waals surface area contributed by atoms with Gasteiger partial charge >= 0.3 is 0 Å². The van der Waals surface area contributed by atoms with Gasteiger partial charge in [0.05, 0.1) is 5.69 Å². The van der Waals surface area contributed by atoms with Crippen LogP contribution in [0.5, 0.6) is 0 Å². The molecule has 0 fully saturated rings. The fourth-order valence-corrected chi connectivity index (χ4v) is 2.39. The average Bonchev–Trinajstić information content (AvgIpc) is 2.66. The molecule has 0 saturated carbocycles. The summed E-state index contributed by atoms with van der Waals surface area (Å²) in [6.07, 6.45) is -0.795. The smallest absolute Gasteiger partial charge is 0.133 e. The van der Waals surface area contributed by atoms with Crippen molar-refractivity contribution < 1.29 is 5.11 Å². The molecule has 1 heterocycles. The Morgan fingerprint density at radius 1 is 1.16 bits per heavy atom. The zero-order chi connectivity index (χ0) is 14.2. The third-order valence-electron chi connectivity index (χ3n) is 3.05. The molecule has 5 heteroatoms. The van der Waals surface area contributed by atoms with Crippen molar-refractivity contribution in [3.8, 4) is 0 Å². The summed E-state index contributed by atoms with van der Waals surface area (Å²) in [6, 6.07) is 7.08. The summed E-state index contributed by atoms with van der Waals surface area (Å²) >= 11 is 12.1. The van der Waals surface area contributed by atoms with Crippen molar-refractivity contribution in [2.75, 3.05) is 0 Å². The largest absolute Gasteiger partial charge is 0.383 e. The molecule has 1 aromatic carbocycles. The Morgan fingerprint density at radius 2 is 1.74 bits per heavy atom. The fourth-order valence-electron chi connectivity index (χ4n) is 2.03. The first kappa shape index (κ1) is 14.4. The third kappa shape index (κ3) is 2.78. The van der Waals surface area contributed by atoms with Crippen LogP contribution in [0.15, 0.2) is 24.3 Å². The van der Waals surface area contributed by atoms with Crippen molar-refractivity contribution in [1.29, 1.82) is 0 Å². The minimum Gasteiger partial charge on any atom is -0.383 e. The Hall–Kier alpha value is -1.03. The van der Waals surface area contributed by atoms with Crippen molar-refractivity contribution in [1.82, 2.24) is 9.78 Å². The van der Waals surface area contributed by atoms with Crippen molar-refractivity contribution in [2.45, 2.75) is 25.9 Å². The van der Waals surface area contributed by atoms with Gasteiger partial charge in [-0.05, 0) is 23.6 Å². The highest BCUT2D eigenvalue weighted by Crippen LogP contribution is 2.34. The molecule has 1 N–H and O–H groups in total. The third-order valence-corrected chi connectivity index (χ3v) is 3.75. The van der Waals surface area contributed by atoms with Crippen LogP contribution in [0.4, 0.5) is 0 Å². The van der Waals surface area contributed by atoms with E-state index in [9.17, 15) is 5.11 Å². The summed E-state index contributed by atoms with van der Waals surface area (Å²) in [5, 5.41) is 16.0. The highest BCUT2D eigenvalue weighted by Gasteiger charge is 2.24. The van der Waals surface area contributed by atoms with E-state index in [2.05, 4.69) is 5.10 Å². The van der Waals surface area contributed by atoms with Gasteiger partial charge in [0, 0.05) is 17.6 Å². The lowest BCUT2D eigenvalue weighted by Crippen LogP contribution is -2.04. The van der Waals surface area contributed by atoms with Gasteiger partial charge < -0.3 is 5.11 Å². The maximum Gasteiger partial charge on any atom is 0.133 e. The van der Waals surface area contributed by atoms with Crippen LogP contribution in [-0.4, -0.2) is 14.9 Å². The van der Waals surface area contributed by atoms with Gasteiger partial charge in [0.25, 0.3) is 0 Å². The first-order valence-corrected chi connectivity index (χ1v) is 6.83. The van der Waals surface area contributed by atoms with E-state index in [1.807, 2.05) is 13.8 Å². The zero-order valence-corrected chi connectivity index (χ0v) is 12.6. The molecule has 1 aromatic heterocycles. The number of rotatable bonds is 3. The van der Waals surface area contributed by atoms with Crippen LogP contribution in [-0.2, 0) is 7.05 Å². The summed E-state index contributed by atoms with van der Waals surface area (Å²) in [5.41, 5.74) is 2.23. The van der Waals surface area contributed by atoms with Crippen LogP contribution in [0.1, 0.15) is 42.7 Å². The minimum atomic E-state index is -0.795. The normalized spacial score (nSPS) is 13.0. The first-order valence-electron chi connectivity index (χ1n) is 6.07. The molecule has 0 aliphatic carbocycles. The van der Waals surface area contributed by atoms with Crippen LogP contribution in [0.2, 0.25) is 10.2 Å². The monoisotopic (exact) mass is 298 g/mol. The number of hydrogen-bond donors (Lipinski definition) is 1. The van der Waals surface area contributed by atoms with Crippen molar-refractivity contribution in [2.24, 2.45) is 7.05 Å². The molecular formula is C14H16Cl2N2O. The molecule has 0 bridgehead atoms. The van der Waals surface area contributed by atoms with Gasteiger partial charge in [-0.3, -0.25) is 4.68 Å². The molecule has 0 aliphatic heterocycles. The number of nitrogens with zero attached hydrogens (tertiary/aromatic N) is 2. The second-order valence-electron chi connectivity index (χ2n) is 4.82. The Kier molecular flexibility index (Phi) is 4.19. The molecule has 19 heavy (non-hydrogen) atoms. The number of benzene rings is 1. The highest BCUT2D eigenvalue weighted by atomic mass is 35.5. The topological polar surface area (TPSA) is 38.0 Å². The van der Waals surface area contributed by atoms with Gasteiger partial charge in [-0.1, -0.05) is 49.2 Å². The first-order chi connectivity index (χ1) is 8.91. The molecule has 0 aliphatic rings. The molecule has 2 aromatic rings. The lowest BCUT2D eigenvalue weighted by Gasteiger charge is -2.13. The molecule has 1 unspecified atom stereocenters. The summed E-state index contributed by atoms with van der Waals surface area (Å²) in [7, 11) is 1.77. The second-order valence-corrected chi connectivity index (χ2v) is 5.62. The summed E-state index contributed by atoms with van der Waals surface area (Å²) in [5.74, 6) is 0.190. The van der Waals surface area contributed by atoms with E-state index >= 15 is 0 Å². The molecule has 3 nitrogen and oxygen atoms in total. The Bertz CT molecular complexity index is 576.